The number of pyridine rings is 1. The molecule has 3 rings (SSSR count). The number of esters is 1. The van der Waals surface area contributed by atoms with E-state index in [9.17, 15) is 4.79 Å². The fourth-order valence-electron chi connectivity index (χ4n) is 2.86. The minimum absolute atomic E-state index is 0.290. The molecule has 0 aliphatic carbocycles. The van der Waals surface area contributed by atoms with Gasteiger partial charge in [0.1, 0.15) is 22.6 Å². The highest BCUT2D eigenvalue weighted by Gasteiger charge is 2.18. The number of benzene rings is 2. The molecule has 0 bridgehead atoms. The molecule has 0 fully saturated rings. The number of para-hydroxylation sites is 1. The first kappa shape index (κ1) is 19.5. The third-order valence-corrected chi connectivity index (χ3v) is 4.17. The number of rotatable bonds is 8. The molecule has 0 spiro atoms. The van der Waals surface area contributed by atoms with Gasteiger partial charge in [0.15, 0.2) is 0 Å². The van der Waals surface area contributed by atoms with Gasteiger partial charge >= 0.3 is 5.97 Å². The van der Waals surface area contributed by atoms with Crippen LogP contribution in [-0.2, 0) is 4.74 Å². The lowest BCUT2D eigenvalue weighted by Gasteiger charge is -2.15. The molecule has 1 heterocycles. The average Bonchev–Trinajstić information content (AvgIpc) is 2.73. The van der Waals surface area contributed by atoms with E-state index in [1.54, 1.807) is 14.0 Å². The van der Waals surface area contributed by atoms with Crippen LogP contribution < -0.4 is 14.8 Å². The van der Waals surface area contributed by atoms with Crippen LogP contribution in [0.3, 0.4) is 0 Å². The maximum absolute atomic E-state index is 12.5. The number of carbonyl (C=O) groups is 1. The van der Waals surface area contributed by atoms with Crippen molar-refractivity contribution in [2.75, 3.05) is 25.6 Å². The Hall–Kier alpha value is -3.28. The molecule has 0 unspecified atom stereocenters. The molecule has 3 aromatic rings. The van der Waals surface area contributed by atoms with Crippen LogP contribution in [0.15, 0.2) is 48.7 Å². The van der Waals surface area contributed by atoms with Gasteiger partial charge in [0.05, 0.1) is 26.0 Å². The molecule has 1 N–H and O–H groups in total. The first-order valence-electron chi connectivity index (χ1n) is 9.30. The summed E-state index contributed by atoms with van der Waals surface area (Å²) < 4.78 is 16.2. The van der Waals surface area contributed by atoms with Gasteiger partial charge < -0.3 is 19.5 Å². The van der Waals surface area contributed by atoms with Crippen LogP contribution in [-0.4, -0.2) is 31.3 Å². The average molecular weight is 380 g/mol. The SMILES string of the molecule is CCCOc1ccc(Nc2c(C(=O)OCC)cnc3c(OC)cccc23)cc1. The second kappa shape index (κ2) is 9.08. The minimum Gasteiger partial charge on any atom is -0.494 e. The van der Waals surface area contributed by atoms with Gasteiger partial charge in [-0.2, -0.15) is 0 Å². The van der Waals surface area contributed by atoms with Gasteiger partial charge in [-0.1, -0.05) is 19.1 Å². The van der Waals surface area contributed by atoms with Gasteiger partial charge in [-0.3, -0.25) is 4.98 Å². The second-order valence-corrected chi connectivity index (χ2v) is 6.12. The van der Waals surface area contributed by atoms with E-state index in [0.717, 1.165) is 23.2 Å². The van der Waals surface area contributed by atoms with Crippen molar-refractivity contribution < 1.29 is 19.0 Å². The van der Waals surface area contributed by atoms with Crippen molar-refractivity contribution in [3.8, 4) is 11.5 Å². The predicted molar refractivity (Wildman–Crippen MR) is 110 cm³/mol. The summed E-state index contributed by atoms with van der Waals surface area (Å²) in [5, 5.41) is 4.11. The lowest BCUT2D eigenvalue weighted by molar-refractivity contribution is 0.0527. The summed E-state index contributed by atoms with van der Waals surface area (Å²) in [6.07, 6.45) is 2.47. The van der Waals surface area contributed by atoms with Crippen molar-refractivity contribution in [1.29, 1.82) is 0 Å². The highest BCUT2D eigenvalue weighted by Crippen LogP contribution is 2.34. The highest BCUT2D eigenvalue weighted by molar-refractivity contribution is 6.07. The van der Waals surface area contributed by atoms with Crippen molar-refractivity contribution in [2.45, 2.75) is 20.3 Å². The molecule has 0 aliphatic rings. The Morgan fingerprint density at radius 3 is 2.57 bits per heavy atom. The zero-order valence-electron chi connectivity index (χ0n) is 16.3. The number of nitrogens with zero attached hydrogens (tertiary/aromatic N) is 1. The van der Waals surface area contributed by atoms with Gasteiger partial charge in [0.25, 0.3) is 0 Å². The Bertz CT molecular complexity index is 955. The third-order valence-electron chi connectivity index (χ3n) is 4.17. The van der Waals surface area contributed by atoms with Crippen LogP contribution in [0.2, 0.25) is 0 Å². The topological polar surface area (TPSA) is 69.7 Å². The monoisotopic (exact) mass is 380 g/mol. The molecule has 146 valence electrons. The fraction of sp³-hybridized carbons (Fsp3) is 0.273. The van der Waals surface area contributed by atoms with Crippen LogP contribution in [0.1, 0.15) is 30.6 Å². The van der Waals surface area contributed by atoms with Crippen LogP contribution in [0.4, 0.5) is 11.4 Å². The second-order valence-electron chi connectivity index (χ2n) is 6.12. The van der Waals surface area contributed by atoms with Gasteiger partial charge in [-0.25, -0.2) is 4.79 Å². The Morgan fingerprint density at radius 2 is 1.89 bits per heavy atom. The quantitative estimate of drug-likeness (QED) is 0.558. The first-order chi connectivity index (χ1) is 13.7. The normalized spacial score (nSPS) is 10.5. The molecule has 6 heteroatoms. The van der Waals surface area contributed by atoms with Crippen molar-refractivity contribution >= 4 is 28.2 Å². The van der Waals surface area contributed by atoms with Gasteiger partial charge in [0.2, 0.25) is 0 Å². The molecule has 6 nitrogen and oxygen atoms in total. The van der Waals surface area contributed by atoms with Gasteiger partial charge in [-0.05, 0) is 43.7 Å². The van der Waals surface area contributed by atoms with E-state index in [-0.39, 0.29) is 6.61 Å². The maximum atomic E-state index is 12.5. The summed E-state index contributed by atoms with van der Waals surface area (Å²) in [6.45, 7) is 4.81. The molecule has 2 aromatic carbocycles. The number of fused-ring (bicyclic) bond motifs is 1. The lowest BCUT2D eigenvalue weighted by Crippen LogP contribution is -2.09. The van der Waals surface area contributed by atoms with E-state index in [2.05, 4.69) is 17.2 Å². The number of anilines is 2. The van der Waals surface area contributed by atoms with Crippen molar-refractivity contribution in [2.24, 2.45) is 0 Å². The van der Waals surface area contributed by atoms with Gasteiger partial charge in [0, 0.05) is 17.3 Å². The van der Waals surface area contributed by atoms with Crippen LogP contribution in [0.5, 0.6) is 11.5 Å². The molecule has 0 radical (unpaired) electrons. The summed E-state index contributed by atoms with van der Waals surface area (Å²) in [6, 6.07) is 13.2. The predicted octanol–water partition coefficient (Wildman–Crippen LogP) is 4.95. The van der Waals surface area contributed by atoms with Gasteiger partial charge in [-0.15, -0.1) is 0 Å². The third kappa shape index (κ3) is 4.17. The molecule has 0 aliphatic heterocycles. The van der Waals surface area contributed by atoms with Crippen LogP contribution >= 0.6 is 0 Å². The van der Waals surface area contributed by atoms with E-state index >= 15 is 0 Å². The van der Waals surface area contributed by atoms with Crippen molar-refractivity contribution in [1.82, 2.24) is 4.98 Å². The van der Waals surface area contributed by atoms with E-state index in [0.29, 0.717) is 29.1 Å². The summed E-state index contributed by atoms with van der Waals surface area (Å²) in [4.78, 5) is 16.9. The van der Waals surface area contributed by atoms with E-state index in [4.69, 9.17) is 14.2 Å². The standard InChI is InChI=1S/C22H24N2O4/c1-4-13-28-16-11-9-15(10-12-16)24-20-17-7-6-8-19(26-3)21(17)23-14-18(20)22(25)27-5-2/h6-12,14H,4-5,13H2,1-3H3,(H,23,24). The smallest absolute Gasteiger partial charge is 0.341 e. The largest absolute Gasteiger partial charge is 0.494 e. The molecule has 0 saturated carbocycles. The van der Waals surface area contributed by atoms with Crippen molar-refractivity contribution in [3.05, 3.63) is 54.2 Å². The molecule has 1 aromatic heterocycles. The number of ether oxygens (including phenoxy) is 3. The summed E-state index contributed by atoms with van der Waals surface area (Å²) in [5.74, 6) is 1.02. The van der Waals surface area contributed by atoms with Crippen molar-refractivity contribution in [3.63, 3.8) is 0 Å². The Kier molecular flexibility index (Phi) is 6.32. The number of hydrogen-bond acceptors (Lipinski definition) is 6. The number of hydrogen-bond donors (Lipinski definition) is 1. The zero-order valence-corrected chi connectivity index (χ0v) is 16.3. The maximum Gasteiger partial charge on any atom is 0.341 e. The summed E-state index contributed by atoms with van der Waals surface area (Å²) in [5.41, 5.74) is 2.49. The Labute approximate surface area is 164 Å². The first-order valence-corrected chi connectivity index (χ1v) is 9.30. The Morgan fingerprint density at radius 1 is 1.11 bits per heavy atom. The molecular formula is C22H24N2O4. The number of aromatic nitrogens is 1. The zero-order chi connectivity index (χ0) is 19.9. The minimum atomic E-state index is -0.426. The molecule has 0 amide bonds. The van der Waals surface area contributed by atoms with E-state index in [1.165, 1.54) is 6.20 Å². The summed E-state index contributed by atoms with van der Waals surface area (Å²) in [7, 11) is 1.60. The van der Waals surface area contributed by atoms with Crippen LogP contribution in [0.25, 0.3) is 10.9 Å². The number of methoxy groups -OCH3 is 1. The number of carbonyl (C=O) groups excluding carboxylic acids is 1. The molecule has 28 heavy (non-hydrogen) atoms. The highest BCUT2D eigenvalue weighted by atomic mass is 16.5. The van der Waals surface area contributed by atoms with Crippen LogP contribution in [0, 0.1) is 0 Å². The molecular weight excluding hydrogens is 356 g/mol. The lowest BCUT2D eigenvalue weighted by atomic mass is 10.1. The van der Waals surface area contributed by atoms with E-state index in [1.807, 2.05) is 42.5 Å². The van der Waals surface area contributed by atoms with E-state index < -0.39 is 5.97 Å². The number of nitrogens with one attached hydrogen (secondary N) is 1. The molecule has 0 atom stereocenters. The summed E-state index contributed by atoms with van der Waals surface area (Å²) >= 11 is 0. The molecule has 0 saturated heterocycles. The fourth-order valence-corrected chi connectivity index (χ4v) is 2.86. The Balaban J connectivity index is 2.03.